The minimum absolute atomic E-state index is 0.115. The highest BCUT2D eigenvalue weighted by Crippen LogP contribution is 2.70. The largest absolute Gasteiger partial charge is 0.373 e. The molecule has 0 radical (unpaired) electrons. The van der Waals surface area contributed by atoms with Crippen molar-refractivity contribution in [1.29, 1.82) is 0 Å². The molecule has 4 rings (SSSR count). The molecular formula is C15H22O2. The summed E-state index contributed by atoms with van der Waals surface area (Å²) in [5.41, 5.74) is 1.97. The minimum Gasteiger partial charge on any atom is -0.373 e. The van der Waals surface area contributed by atoms with Crippen molar-refractivity contribution >= 4 is 0 Å². The smallest absolute Gasteiger partial charge is 0.0945 e. The molecule has 2 heteroatoms. The Morgan fingerprint density at radius 1 is 1.12 bits per heavy atom. The van der Waals surface area contributed by atoms with Crippen LogP contribution in [0.3, 0.4) is 0 Å². The fourth-order valence-electron chi connectivity index (χ4n) is 4.98. The molecule has 0 aromatic rings. The fraction of sp³-hybridized carbons (Fsp3) is 0.867. The second-order valence-electron chi connectivity index (χ2n) is 7.28. The highest BCUT2D eigenvalue weighted by Gasteiger charge is 2.73. The molecule has 5 atom stereocenters. The fourth-order valence-corrected chi connectivity index (χ4v) is 4.98. The average molecular weight is 234 g/mol. The monoisotopic (exact) mass is 234 g/mol. The quantitative estimate of drug-likeness (QED) is 0.474. The second-order valence-corrected chi connectivity index (χ2v) is 7.28. The van der Waals surface area contributed by atoms with Gasteiger partial charge in [-0.25, -0.2) is 0 Å². The van der Waals surface area contributed by atoms with E-state index in [0.29, 0.717) is 18.3 Å². The SMILES string of the molecule is C=C1CC[C@@H]2O[C@H]3C[C@@]4(C)O[C@H]4C[C@]13C2(C)C. The van der Waals surface area contributed by atoms with Crippen molar-refractivity contribution < 1.29 is 9.47 Å². The summed E-state index contributed by atoms with van der Waals surface area (Å²) >= 11 is 0. The summed E-state index contributed by atoms with van der Waals surface area (Å²) in [6.45, 7) is 11.4. The Bertz CT molecular complexity index is 413. The van der Waals surface area contributed by atoms with E-state index in [-0.39, 0.29) is 16.4 Å². The van der Waals surface area contributed by atoms with Gasteiger partial charge in [0.25, 0.3) is 0 Å². The van der Waals surface area contributed by atoms with E-state index in [1.807, 2.05) is 0 Å². The molecule has 2 heterocycles. The van der Waals surface area contributed by atoms with E-state index in [1.54, 1.807) is 0 Å². The molecule has 4 aliphatic rings. The molecule has 0 unspecified atom stereocenters. The van der Waals surface area contributed by atoms with Crippen LogP contribution >= 0.6 is 0 Å². The minimum atomic E-state index is 0.115. The molecule has 2 aliphatic carbocycles. The Balaban J connectivity index is 1.84. The number of hydrogen-bond donors (Lipinski definition) is 0. The number of fused-ring (bicyclic) bond motifs is 2. The lowest BCUT2D eigenvalue weighted by atomic mass is 9.50. The molecule has 94 valence electrons. The molecule has 17 heavy (non-hydrogen) atoms. The first-order chi connectivity index (χ1) is 7.90. The molecule has 1 spiro atoms. The van der Waals surface area contributed by atoms with Gasteiger partial charge in [-0.3, -0.25) is 0 Å². The molecular weight excluding hydrogens is 212 g/mol. The standard InChI is InChI=1S/C15H22O2/c1-9-5-6-10-13(2,3)15(9)8-11-14(4,17-11)7-12(15)16-10/h10-12H,1,5-8H2,2-4H3/t10-,11-,12-,14+,15-/m0/s1. The van der Waals surface area contributed by atoms with E-state index in [2.05, 4.69) is 27.4 Å². The lowest BCUT2D eigenvalue weighted by Crippen LogP contribution is -2.51. The van der Waals surface area contributed by atoms with Crippen molar-refractivity contribution in [2.24, 2.45) is 10.8 Å². The second kappa shape index (κ2) is 2.65. The number of ether oxygens (including phenoxy) is 2. The van der Waals surface area contributed by atoms with E-state index in [9.17, 15) is 0 Å². The molecule has 0 aromatic heterocycles. The Hall–Kier alpha value is -0.340. The molecule has 2 bridgehead atoms. The maximum Gasteiger partial charge on any atom is 0.0945 e. The molecule has 2 saturated carbocycles. The third kappa shape index (κ3) is 0.978. The van der Waals surface area contributed by atoms with Crippen LogP contribution < -0.4 is 0 Å². The summed E-state index contributed by atoms with van der Waals surface area (Å²) in [5, 5.41) is 0. The van der Waals surface area contributed by atoms with Crippen molar-refractivity contribution in [3.8, 4) is 0 Å². The molecule has 0 amide bonds. The van der Waals surface area contributed by atoms with Crippen LogP contribution in [0.4, 0.5) is 0 Å². The van der Waals surface area contributed by atoms with Crippen LogP contribution in [-0.4, -0.2) is 23.9 Å². The van der Waals surface area contributed by atoms with E-state index in [4.69, 9.17) is 9.47 Å². The van der Waals surface area contributed by atoms with Crippen LogP contribution in [0.1, 0.15) is 46.5 Å². The maximum absolute atomic E-state index is 6.39. The summed E-state index contributed by atoms with van der Waals surface area (Å²) in [6.07, 6.45) is 5.74. The first kappa shape index (κ1) is 10.6. The highest BCUT2D eigenvalue weighted by atomic mass is 16.6. The summed E-state index contributed by atoms with van der Waals surface area (Å²) in [4.78, 5) is 0. The number of rotatable bonds is 0. The lowest BCUT2D eigenvalue weighted by molar-refractivity contribution is 0.00124. The first-order valence-corrected chi connectivity index (χ1v) is 6.92. The van der Waals surface area contributed by atoms with Gasteiger partial charge in [0.05, 0.1) is 23.9 Å². The summed E-state index contributed by atoms with van der Waals surface area (Å²) < 4.78 is 12.3. The van der Waals surface area contributed by atoms with Gasteiger partial charge in [0.15, 0.2) is 0 Å². The van der Waals surface area contributed by atoms with Crippen molar-refractivity contribution in [2.45, 2.75) is 70.4 Å². The van der Waals surface area contributed by atoms with Gasteiger partial charge >= 0.3 is 0 Å². The molecule has 2 saturated heterocycles. The molecule has 2 aliphatic heterocycles. The van der Waals surface area contributed by atoms with E-state index >= 15 is 0 Å². The summed E-state index contributed by atoms with van der Waals surface area (Å²) in [6, 6.07) is 0. The predicted octanol–water partition coefficient (Wildman–Crippen LogP) is 3.07. The predicted molar refractivity (Wildman–Crippen MR) is 65.8 cm³/mol. The molecule has 0 aromatic carbocycles. The third-order valence-corrected chi connectivity index (χ3v) is 6.31. The Kier molecular flexibility index (Phi) is 1.65. The zero-order valence-corrected chi connectivity index (χ0v) is 11.1. The lowest BCUT2D eigenvalue weighted by Gasteiger charge is -2.51. The van der Waals surface area contributed by atoms with Gasteiger partial charge in [0, 0.05) is 17.3 Å². The van der Waals surface area contributed by atoms with Crippen molar-refractivity contribution in [3.63, 3.8) is 0 Å². The Morgan fingerprint density at radius 3 is 2.65 bits per heavy atom. The van der Waals surface area contributed by atoms with E-state index in [1.165, 1.54) is 5.57 Å². The Morgan fingerprint density at radius 2 is 1.88 bits per heavy atom. The van der Waals surface area contributed by atoms with Gasteiger partial charge in [0.1, 0.15) is 0 Å². The Labute approximate surface area is 103 Å². The summed E-state index contributed by atoms with van der Waals surface area (Å²) in [7, 11) is 0. The van der Waals surface area contributed by atoms with Crippen molar-refractivity contribution in [2.75, 3.05) is 0 Å². The van der Waals surface area contributed by atoms with Crippen LogP contribution in [0.15, 0.2) is 12.2 Å². The van der Waals surface area contributed by atoms with Crippen LogP contribution in [0.25, 0.3) is 0 Å². The van der Waals surface area contributed by atoms with E-state index < -0.39 is 0 Å². The van der Waals surface area contributed by atoms with Gasteiger partial charge in [-0.1, -0.05) is 26.0 Å². The summed E-state index contributed by atoms with van der Waals surface area (Å²) in [5.74, 6) is 0. The molecule has 4 fully saturated rings. The first-order valence-electron chi connectivity index (χ1n) is 6.92. The van der Waals surface area contributed by atoms with Gasteiger partial charge in [0.2, 0.25) is 0 Å². The van der Waals surface area contributed by atoms with Crippen LogP contribution in [0, 0.1) is 10.8 Å². The normalized spacial score (nSPS) is 58.5. The molecule has 2 nitrogen and oxygen atoms in total. The topological polar surface area (TPSA) is 21.8 Å². The third-order valence-electron chi connectivity index (χ3n) is 6.31. The number of epoxide rings is 1. The van der Waals surface area contributed by atoms with Gasteiger partial charge < -0.3 is 9.47 Å². The van der Waals surface area contributed by atoms with Crippen LogP contribution in [-0.2, 0) is 9.47 Å². The maximum atomic E-state index is 6.39. The highest BCUT2D eigenvalue weighted by molar-refractivity contribution is 5.32. The number of hydrogen-bond acceptors (Lipinski definition) is 2. The van der Waals surface area contributed by atoms with Gasteiger partial charge in [-0.15, -0.1) is 0 Å². The van der Waals surface area contributed by atoms with Gasteiger partial charge in [-0.2, -0.15) is 0 Å². The zero-order chi connectivity index (χ0) is 12.1. The van der Waals surface area contributed by atoms with Gasteiger partial charge in [-0.05, 0) is 26.2 Å². The van der Waals surface area contributed by atoms with Crippen LogP contribution in [0.5, 0.6) is 0 Å². The van der Waals surface area contributed by atoms with Crippen LogP contribution in [0.2, 0.25) is 0 Å². The molecule has 0 N–H and O–H groups in total. The van der Waals surface area contributed by atoms with Crippen molar-refractivity contribution in [1.82, 2.24) is 0 Å². The van der Waals surface area contributed by atoms with Crippen molar-refractivity contribution in [3.05, 3.63) is 12.2 Å². The zero-order valence-electron chi connectivity index (χ0n) is 11.1. The van der Waals surface area contributed by atoms with E-state index in [0.717, 1.165) is 25.7 Å². The average Bonchev–Trinajstić information content (AvgIpc) is 2.86.